The molecule has 0 fully saturated rings. The molecule has 0 bridgehead atoms. The highest BCUT2D eigenvalue weighted by molar-refractivity contribution is 7.14. The second-order valence-electron chi connectivity index (χ2n) is 5.67. The van der Waals surface area contributed by atoms with Crippen molar-refractivity contribution < 1.29 is 14.3 Å². The predicted molar refractivity (Wildman–Crippen MR) is 96.4 cm³/mol. The van der Waals surface area contributed by atoms with E-state index in [1.165, 1.54) is 36.6 Å². The zero-order chi connectivity index (χ0) is 18.7. The summed E-state index contributed by atoms with van der Waals surface area (Å²) in [7, 11) is 3.02. The first kappa shape index (κ1) is 17.8. The van der Waals surface area contributed by atoms with E-state index in [1.54, 1.807) is 12.1 Å². The molecule has 2 aromatic heterocycles. The van der Waals surface area contributed by atoms with E-state index in [-0.39, 0.29) is 11.8 Å². The number of nitrogens with zero attached hydrogens (tertiary/aromatic N) is 5. The van der Waals surface area contributed by atoms with Crippen LogP contribution in [0.1, 0.15) is 35.8 Å². The van der Waals surface area contributed by atoms with Gasteiger partial charge in [-0.2, -0.15) is 4.68 Å². The number of hydrogen-bond acceptors (Lipinski definition) is 8. The Morgan fingerprint density at radius 1 is 1.23 bits per heavy atom. The molecule has 1 aromatic carbocycles. The van der Waals surface area contributed by atoms with E-state index in [2.05, 4.69) is 25.8 Å². The van der Waals surface area contributed by atoms with Crippen LogP contribution >= 0.6 is 11.3 Å². The molecule has 1 N–H and O–H groups in total. The van der Waals surface area contributed by atoms with Crippen LogP contribution in [-0.4, -0.2) is 45.3 Å². The van der Waals surface area contributed by atoms with Crippen LogP contribution in [0, 0.1) is 0 Å². The number of benzene rings is 1. The van der Waals surface area contributed by atoms with Gasteiger partial charge in [-0.05, 0) is 22.4 Å². The number of methoxy groups -OCH3 is 2. The van der Waals surface area contributed by atoms with E-state index in [0.717, 1.165) is 5.69 Å². The van der Waals surface area contributed by atoms with Gasteiger partial charge in [0, 0.05) is 11.4 Å². The minimum Gasteiger partial charge on any atom is -0.493 e. The number of nitrogens with one attached hydrogen (secondary N) is 1. The van der Waals surface area contributed by atoms with Gasteiger partial charge < -0.3 is 9.47 Å². The number of hydrogen-bond donors (Lipinski definition) is 1. The fourth-order valence-electron chi connectivity index (χ4n) is 2.28. The Hall–Kier alpha value is -3.01. The first-order valence-corrected chi connectivity index (χ1v) is 8.67. The zero-order valence-electron chi connectivity index (χ0n) is 14.8. The van der Waals surface area contributed by atoms with E-state index < -0.39 is 0 Å². The van der Waals surface area contributed by atoms with Crippen molar-refractivity contribution in [3.63, 3.8) is 0 Å². The van der Waals surface area contributed by atoms with Gasteiger partial charge in [0.1, 0.15) is 6.33 Å². The van der Waals surface area contributed by atoms with Crippen molar-refractivity contribution in [1.29, 1.82) is 0 Å². The van der Waals surface area contributed by atoms with Crippen LogP contribution in [-0.2, 0) is 0 Å². The van der Waals surface area contributed by atoms with Crippen LogP contribution < -0.4 is 14.8 Å². The quantitative estimate of drug-likeness (QED) is 0.707. The molecular weight excluding hydrogens is 356 g/mol. The SMILES string of the molecule is COc1cc(C(=O)Nc2nc(C(C)C)cs2)c(-n2cnnn2)cc1OC. The molecule has 0 unspecified atom stereocenters. The molecule has 9 nitrogen and oxygen atoms in total. The summed E-state index contributed by atoms with van der Waals surface area (Å²) in [5, 5.41) is 16.4. The van der Waals surface area contributed by atoms with Crippen LogP contribution in [0.3, 0.4) is 0 Å². The van der Waals surface area contributed by atoms with Gasteiger partial charge in [-0.25, -0.2) is 4.98 Å². The summed E-state index contributed by atoms with van der Waals surface area (Å²) < 4.78 is 12.0. The summed E-state index contributed by atoms with van der Waals surface area (Å²) >= 11 is 1.38. The molecule has 0 radical (unpaired) electrons. The summed E-state index contributed by atoms with van der Waals surface area (Å²) in [4.78, 5) is 17.3. The minimum absolute atomic E-state index is 0.287. The van der Waals surface area contributed by atoms with Gasteiger partial charge in [0.25, 0.3) is 5.91 Å². The molecule has 0 saturated heterocycles. The topological polar surface area (TPSA) is 104 Å². The Bertz CT molecular complexity index is 907. The van der Waals surface area contributed by atoms with Crippen molar-refractivity contribution in [3.8, 4) is 17.2 Å². The molecule has 26 heavy (non-hydrogen) atoms. The zero-order valence-corrected chi connectivity index (χ0v) is 15.6. The van der Waals surface area contributed by atoms with Crippen molar-refractivity contribution in [2.24, 2.45) is 0 Å². The molecule has 10 heteroatoms. The van der Waals surface area contributed by atoms with E-state index in [4.69, 9.17) is 9.47 Å². The summed E-state index contributed by atoms with van der Waals surface area (Å²) in [5.74, 6) is 0.832. The normalized spacial score (nSPS) is 10.8. The maximum Gasteiger partial charge on any atom is 0.259 e. The van der Waals surface area contributed by atoms with Crippen molar-refractivity contribution in [1.82, 2.24) is 25.2 Å². The molecule has 0 aliphatic rings. The van der Waals surface area contributed by atoms with E-state index >= 15 is 0 Å². The number of tetrazole rings is 1. The van der Waals surface area contributed by atoms with Gasteiger partial charge in [0.15, 0.2) is 16.6 Å². The fourth-order valence-corrected chi connectivity index (χ4v) is 3.15. The van der Waals surface area contributed by atoms with Gasteiger partial charge in [0.05, 0.1) is 31.2 Å². The highest BCUT2D eigenvalue weighted by Crippen LogP contribution is 2.33. The van der Waals surface area contributed by atoms with Crippen LogP contribution in [0.4, 0.5) is 5.13 Å². The standard InChI is InChI=1S/C16H18N6O3S/c1-9(2)11-7-26-16(18-11)19-15(23)10-5-13(24-3)14(25-4)6-12(10)22-8-17-20-21-22/h5-9H,1-4H3,(H,18,19,23). The maximum absolute atomic E-state index is 12.9. The molecule has 0 saturated carbocycles. The molecule has 0 spiro atoms. The third-order valence-corrected chi connectivity index (χ3v) is 4.45. The number of aromatic nitrogens is 5. The molecule has 136 valence electrons. The van der Waals surface area contributed by atoms with Crippen molar-refractivity contribution in [2.75, 3.05) is 19.5 Å². The number of carbonyl (C=O) groups excluding carboxylic acids is 1. The highest BCUT2D eigenvalue weighted by atomic mass is 32.1. The third-order valence-electron chi connectivity index (χ3n) is 3.68. The number of thiazole rings is 1. The van der Waals surface area contributed by atoms with Gasteiger partial charge in [-0.3, -0.25) is 10.1 Å². The lowest BCUT2D eigenvalue weighted by Crippen LogP contribution is -2.16. The Morgan fingerprint density at radius 3 is 2.54 bits per heavy atom. The van der Waals surface area contributed by atoms with E-state index in [1.807, 2.05) is 19.2 Å². The largest absolute Gasteiger partial charge is 0.493 e. The minimum atomic E-state index is -0.346. The van der Waals surface area contributed by atoms with Crippen LogP contribution in [0.25, 0.3) is 5.69 Å². The molecular formula is C16H18N6O3S. The molecule has 3 rings (SSSR count). The Morgan fingerprint density at radius 2 is 1.96 bits per heavy atom. The smallest absolute Gasteiger partial charge is 0.259 e. The lowest BCUT2D eigenvalue weighted by Gasteiger charge is -2.13. The van der Waals surface area contributed by atoms with Crippen LogP contribution in [0.15, 0.2) is 23.8 Å². The van der Waals surface area contributed by atoms with Crippen LogP contribution in [0.5, 0.6) is 11.5 Å². The third kappa shape index (κ3) is 3.49. The number of anilines is 1. The first-order chi connectivity index (χ1) is 12.5. The lowest BCUT2D eigenvalue weighted by molar-refractivity contribution is 0.102. The fraction of sp³-hybridized carbons (Fsp3) is 0.312. The Labute approximate surface area is 154 Å². The van der Waals surface area contributed by atoms with Gasteiger partial charge in [-0.1, -0.05) is 13.8 Å². The van der Waals surface area contributed by atoms with Gasteiger partial charge in [-0.15, -0.1) is 16.4 Å². The molecule has 0 atom stereocenters. The summed E-state index contributed by atoms with van der Waals surface area (Å²) in [6.07, 6.45) is 1.40. The molecule has 0 aliphatic carbocycles. The van der Waals surface area contributed by atoms with Crippen LogP contribution in [0.2, 0.25) is 0 Å². The molecule has 3 aromatic rings. The Balaban J connectivity index is 1.99. The first-order valence-electron chi connectivity index (χ1n) is 7.79. The maximum atomic E-state index is 12.9. The summed E-state index contributed by atoms with van der Waals surface area (Å²) in [6.45, 7) is 4.09. The lowest BCUT2D eigenvalue weighted by atomic mass is 10.1. The predicted octanol–water partition coefficient (Wildman–Crippen LogP) is 2.51. The van der Waals surface area contributed by atoms with Gasteiger partial charge >= 0.3 is 0 Å². The van der Waals surface area contributed by atoms with Crippen molar-refractivity contribution >= 4 is 22.4 Å². The molecule has 1 amide bonds. The van der Waals surface area contributed by atoms with E-state index in [9.17, 15) is 4.79 Å². The van der Waals surface area contributed by atoms with Gasteiger partial charge in [0.2, 0.25) is 0 Å². The number of carbonyl (C=O) groups is 1. The number of rotatable bonds is 6. The second-order valence-corrected chi connectivity index (χ2v) is 6.52. The van der Waals surface area contributed by atoms with Crippen molar-refractivity contribution in [2.45, 2.75) is 19.8 Å². The second kappa shape index (κ2) is 7.48. The average Bonchev–Trinajstić information content (AvgIpc) is 3.32. The van der Waals surface area contributed by atoms with E-state index in [0.29, 0.717) is 27.9 Å². The monoisotopic (exact) mass is 374 g/mol. The average molecular weight is 374 g/mol. The summed E-state index contributed by atoms with van der Waals surface area (Å²) in [5.41, 5.74) is 1.72. The summed E-state index contributed by atoms with van der Waals surface area (Å²) in [6, 6.07) is 3.23. The molecule has 0 aliphatic heterocycles. The Kier molecular flexibility index (Phi) is 5.12. The number of amides is 1. The van der Waals surface area contributed by atoms with Crippen molar-refractivity contribution in [3.05, 3.63) is 35.1 Å². The highest BCUT2D eigenvalue weighted by Gasteiger charge is 2.20. The molecule has 2 heterocycles. The number of ether oxygens (including phenoxy) is 2.